The molecule has 0 unspecified atom stereocenters. The first-order chi connectivity index (χ1) is 15.0. The third-order valence-electron chi connectivity index (χ3n) is 4.45. The molecule has 0 aliphatic heterocycles. The summed E-state index contributed by atoms with van der Waals surface area (Å²) in [4.78, 5) is 24.3. The normalized spacial score (nSPS) is 11.5. The first kappa shape index (κ1) is 25.2. The minimum absolute atomic E-state index is 0.0109. The summed E-state index contributed by atoms with van der Waals surface area (Å²) in [5.74, 6) is 0.131. The van der Waals surface area contributed by atoms with Crippen molar-refractivity contribution < 1.29 is 27.5 Å². The van der Waals surface area contributed by atoms with Gasteiger partial charge < -0.3 is 20.1 Å². The molecule has 2 aromatic carbocycles. The highest BCUT2D eigenvalue weighted by molar-refractivity contribution is 7.89. The fraction of sp³-hybridized carbons (Fsp3) is 0.364. The molecule has 32 heavy (non-hydrogen) atoms. The number of hydrogen-bond acceptors (Lipinski definition) is 6. The highest BCUT2D eigenvalue weighted by Crippen LogP contribution is 2.28. The van der Waals surface area contributed by atoms with Crippen LogP contribution in [0.4, 0.5) is 5.69 Å². The van der Waals surface area contributed by atoms with Crippen LogP contribution in [0, 0.1) is 5.41 Å². The predicted molar refractivity (Wildman–Crippen MR) is 122 cm³/mol. The molecule has 0 spiro atoms. The Hall–Kier alpha value is -3.11. The van der Waals surface area contributed by atoms with E-state index in [9.17, 15) is 18.0 Å². The van der Waals surface area contributed by atoms with Crippen molar-refractivity contribution in [2.45, 2.75) is 25.7 Å². The lowest BCUT2D eigenvalue weighted by atomic mass is 9.95. The van der Waals surface area contributed by atoms with Crippen molar-refractivity contribution in [3.63, 3.8) is 0 Å². The van der Waals surface area contributed by atoms with Gasteiger partial charge in [0.15, 0.2) is 0 Å². The molecule has 0 aliphatic carbocycles. The topological polar surface area (TPSA) is 123 Å². The lowest BCUT2D eigenvalue weighted by Crippen LogP contribution is -2.34. The average Bonchev–Trinajstić information content (AvgIpc) is 2.75. The van der Waals surface area contributed by atoms with Gasteiger partial charge in [0.1, 0.15) is 16.4 Å². The van der Waals surface area contributed by atoms with Crippen LogP contribution in [0.15, 0.2) is 47.4 Å². The number of benzene rings is 2. The molecule has 0 heterocycles. The van der Waals surface area contributed by atoms with Crippen molar-refractivity contribution in [3.05, 3.63) is 48.0 Å². The van der Waals surface area contributed by atoms with Gasteiger partial charge in [0, 0.05) is 35.8 Å². The molecular formula is C22H29N3O6S. The molecule has 2 rings (SSSR count). The van der Waals surface area contributed by atoms with Gasteiger partial charge in [-0.1, -0.05) is 20.8 Å². The van der Waals surface area contributed by atoms with Gasteiger partial charge in [0.2, 0.25) is 15.9 Å². The van der Waals surface area contributed by atoms with E-state index in [0.717, 1.165) is 0 Å². The van der Waals surface area contributed by atoms with E-state index in [-0.39, 0.29) is 35.5 Å². The molecule has 0 atom stereocenters. The summed E-state index contributed by atoms with van der Waals surface area (Å²) in [5, 5.41) is 5.43. The van der Waals surface area contributed by atoms with Gasteiger partial charge in [-0.3, -0.25) is 9.59 Å². The minimum Gasteiger partial charge on any atom is -0.497 e. The smallest absolute Gasteiger partial charge is 0.251 e. The Balaban J connectivity index is 1.90. The first-order valence-corrected chi connectivity index (χ1v) is 11.4. The SMILES string of the molecule is COc1ccc(S(=O)(=O)NCCNC(=O)c2ccc(NC(=O)C(C)(C)C)cc2)c(OC)c1. The fourth-order valence-electron chi connectivity index (χ4n) is 2.56. The predicted octanol–water partition coefficient (Wildman–Crippen LogP) is 2.40. The summed E-state index contributed by atoms with van der Waals surface area (Å²) in [6.07, 6.45) is 0. The largest absolute Gasteiger partial charge is 0.497 e. The summed E-state index contributed by atoms with van der Waals surface area (Å²) >= 11 is 0. The van der Waals surface area contributed by atoms with Crippen molar-refractivity contribution in [1.29, 1.82) is 0 Å². The average molecular weight is 464 g/mol. The number of nitrogens with one attached hydrogen (secondary N) is 3. The number of methoxy groups -OCH3 is 2. The quantitative estimate of drug-likeness (QED) is 0.491. The molecule has 2 aromatic rings. The lowest BCUT2D eigenvalue weighted by molar-refractivity contribution is -0.123. The molecule has 9 nitrogen and oxygen atoms in total. The monoisotopic (exact) mass is 463 g/mol. The molecule has 0 bridgehead atoms. The van der Waals surface area contributed by atoms with Gasteiger partial charge in [-0.25, -0.2) is 13.1 Å². The number of rotatable bonds is 9. The summed E-state index contributed by atoms with van der Waals surface area (Å²) in [5.41, 5.74) is 0.445. The van der Waals surface area contributed by atoms with Crippen LogP contribution in [0.3, 0.4) is 0 Å². The number of hydrogen-bond donors (Lipinski definition) is 3. The number of carbonyl (C=O) groups excluding carboxylic acids is 2. The van der Waals surface area contributed by atoms with Crippen LogP contribution < -0.4 is 24.8 Å². The van der Waals surface area contributed by atoms with Crippen LogP contribution in [0.5, 0.6) is 11.5 Å². The van der Waals surface area contributed by atoms with E-state index in [1.165, 1.54) is 32.4 Å². The third-order valence-corrected chi connectivity index (χ3v) is 5.95. The molecule has 0 aromatic heterocycles. The van der Waals surface area contributed by atoms with E-state index in [2.05, 4.69) is 15.4 Å². The summed E-state index contributed by atoms with van der Waals surface area (Å²) in [7, 11) is -1.00. The Morgan fingerprint density at radius 2 is 1.59 bits per heavy atom. The van der Waals surface area contributed by atoms with Crippen LogP contribution in [-0.2, 0) is 14.8 Å². The fourth-order valence-corrected chi connectivity index (χ4v) is 3.74. The molecule has 0 aliphatic rings. The van der Waals surface area contributed by atoms with Crippen LogP contribution in [-0.4, -0.2) is 47.5 Å². The zero-order chi connectivity index (χ0) is 23.9. The Morgan fingerprint density at radius 1 is 0.938 bits per heavy atom. The molecule has 174 valence electrons. The molecule has 2 amide bonds. The highest BCUT2D eigenvalue weighted by atomic mass is 32.2. The van der Waals surface area contributed by atoms with E-state index < -0.39 is 15.4 Å². The highest BCUT2D eigenvalue weighted by Gasteiger charge is 2.21. The second-order valence-corrected chi connectivity index (χ2v) is 9.69. The van der Waals surface area contributed by atoms with E-state index in [1.807, 2.05) is 20.8 Å². The minimum atomic E-state index is -3.84. The maximum absolute atomic E-state index is 12.5. The molecular weight excluding hydrogens is 434 g/mol. The van der Waals surface area contributed by atoms with Crippen LogP contribution in [0.25, 0.3) is 0 Å². The van der Waals surface area contributed by atoms with Gasteiger partial charge in [0.25, 0.3) is 5.91 Å². The van der Waals surface area contributed by atoms with Crippen LogP contribution in [0.2, 0.25) is 0 Å². The van der Waals surface area contributed by atoms with Gasteiger partial charge in [-0.05, 0) is 36.4 Å². The summed E-state index contributed by atoms with van der Waals surface area (Å²) in [6, 6.07) is 10.8. The van der Waals surface area contributed by atoms with Gasteiger partial charge in [0.05, 0.1) is 14.2 Å². The van der Waals surface area contributed by atoms with Gasteiger partial charge >= 0.3 is 0 Å². The second kappa shape index (κ2) is 10.5. The molecule has 3 N–H and O–H groups in total. The molecule has 10 heteroatoms. The Bertz CT molecular complexity index is 1060. The van der Waals surface area contributed by atoms with Gasteiger partial charge in [-0.2, -0.15) is 0 Å². The van der Waals surface area contributed by atoms with Crippen molar-refractivity contribution in [3.8, 4) is 11.5 Å². The van der Waals surface area contributed by atoms with E-state index in [1.54, 1.807) is 24.3 Å². The molecule has 0 radical (unpaired) electrons. The van der Waals surface area contributed by atoms with Crippen molar-refractivity contribution in [2.24, 2.45) is 5.41 Å². The van der Waals surface area contributed by atoms with Crippen molar-refractivity contribution >= 4 is 27.5 Å². The van der Waals surface area contributed by atoms with Crippen LogP contribution in [0.1, 0.15) is 31.1 Å². The van der Waals surface area contributed by atoms with E-state index in [0.29, 0.717) is 17.0 Å². The number of anilines is 1. The molecule has 0 saturated carbocycles. The second-order valence-electron chi connectivity index (χ2n) is 7.95. The Morgan fingerprint density at radius 3 is 2.16 bits per heavy atom. The Labute approximate surface area is 188 Å². The zero-order valence-electron chi connectivity index (χ0n) is 18.8. The van der Waals surface area contributed by atoms with Crippen molar-refractivity contribution in [2.75, 3.05) is 32.6 Å². The first-order valence-electron chi connectivity index (χ1n) is 9.89. The summed E-state index contributed by atoms with van der Waals surface area (Å²) in [6.45, 7) is 5.50. The number of amides is 2. The maximum atomic E-state index is 12.5. The zero-order valence-corrected chi connectivity index (χ0v) is 19.6. The standard InChI is InChI=1S/C22H29N3O6S/c1-22(2,3)21(27)25-16-8-6-15(7-9-16)20(26)23-12-13-24-32(28,29)19-11-10-17(30-4)14-18(19)31-5/h6-11,14,24H,12-13H2,1-5H3,(H,23,26)(H,25,27). The third kappa shape index (κ3) is 6.69. The number of ether oxygens (including phenoxy) is 2. The van der Waals surface area contributed by atoms with Crippen LogP contribution >= 0.6 is 0 Å². The van der Waals surface area contributed by atoms with E-state index >= 15 is 0 Å². The number of sulfonamides is 1. The lowest BCUT2D eigenvalue weighted by Gasteiger charge is -2.17. The van der Waals surface area contributed by atoms with Gasteiger partial charge in [-0.15, -0.1) is 0 Å². The maximum Gasteiger partial charge on any atom is 0.251 e. The van der Waals surface area contributed by atoms with E-state index in [4.69, 9.17) is 9.47 Å². The van der Waals surface area contributed by atoms with Crippen molar-refractivity contribution in [1.82, 2.24) is 10.0 Å². The summed E-state index contributed by atoms with van der Waals surface area (Å²) < 4.78 is 37.7. The molecule has 0 saturated heterocycles. The molecule has 0 fully saturated rings. The Kier molecular flexibility index (Phi) is 8.23. The number of carbonyl (C=O) groups is 2.